The molecule has 2 aliphatic heterocycles. The van der Waals surface area contributed by atoms with E-state index >= 15 is 0 Å². The van der Waals surface area contributed by atoms with Gasteiger partial charge in [0.05, 0.1) is 5.41 Å². The monoisotopic (exact) mass is 359 g/mol. The van der Waals surface area contributed by atoms with Crippen LogP contribution in [0.4, 0.5) is 0 Å². The van der Waals surface area contributed by atoms with Gasteiger partial charge in [-0.05, 0) is 76.2 Å². The SMILES string of the molecule is CN1CCN(C(=O)C2CCCN2C(=O)C23CC4CC(CC(C4)C2)C3)CC1. The van der Waals surface area contributed by atoms with Gasteiger partial charge in [-0.15, -0.1) is 0 Å². The highest BCUT2D eigenvalue weighted by Crippen LogP contribution is 2.60. The molecule has 2 heterocycles. The number of hydrogen-bond donors (Lipinski definition) is 0. The largest absolute Gasteiger partial charge is 0.338 e. The van der Waals surface area contributed by atoms with Crippen LogP contribution in [0.25, 0.3) is 0 Å². The third-order valence-electron chi connectivity index (χ3n) is 8.11. The van der Waals surface area contributed by atoms with Crippen LogP contribution in [-0.2, 0) is 9.59 Å². The van der Waals surface area contributed by atoms with Crippen LogP contribution in [0.1, 0.15) is 51.4 Å². The Hall–Kier alpha value is -1.10. The maximum atomic E-state index is 13.7. The van der Waals surface area contributed by atoms with Crippen molar-refractivity contribution in [2.75, 3.05) is 39.8 Å². The first-order valence-corrected chi connectivity index (χ1v) is 10.8. The molecule has 6 rings (SSSR count). The first kappa shape index (κ1) is 17.0. The first-order chi connectivity index (χ1) is 12.5. The molecule has 1 atom stereocenters. The lowest BCUT2D eigenvalue weighted by molar-refractivity contribution is -0.162. The molecule has 26 heavy (non-hydrogen) atoms. The normalized spacial score (nSPS) is 42.5. The van der Waals surface area contributed by atoms with E-state index in [0.717, 1.165) is 82.6 Å². The summed E-state index contributed by atoms with van der Waals surface area (Å²) in [5.41, 5.74) is -0.111. The molecule has 144 valence electrons. The van der Waals surface area contributed by atoms with Crippen molar-refractivity contribution in [3.63, 3.8) is 0 Å². The molecule has 0 aromatic rings. The smallest absolute Gasteiger partial charge is 0.245 e. The average Bonchev–Trinajstić information content (AvgIpc) is 3.09. The minimum absolute atomic E-state index is 0.111. The molecule has 0 spiro atoms. The summed E-state index contributed by atoms with van der Waals surface area (Å²) in [6.45, 7) is 4.31. The molecule has 0 N–H and O–H groups in total. The molecule has 4 bridgehead atoms. The Labute approximate surface area is 157 Å². The molecule has 2 saturated heterocycles. The highest BCUT2D eigenvalue weighted by molar-refractivity contribution is 5.91. The molecule has 0 aromatic carbocycles. The molecular weight excluding hydrogens is 326 g/mol. The Bertz CT molecular complexity index is 561. The van der Waals surface area contributed by atoms with Gasteiger partial charge in [0.2, 0.25) is 11.8 Å². The fraction of sp³-hybridized carbons (Fsp3) is 0.905. The standard InChI is InChI=1S/C21H33N3O2/c1-22-5-7-23(8-6-22)19(25)18-3-2-4-24(18)20(26)21-12-15-9-16(13-21)11-17(10-15)14-21/h15-18H,2-14H2,1H3. The predicted octanol–water partition coefficient (Wildman–Crippen LogP) is 1.97. The van der Waals surface area contributed by atoms with Crippen LogP contribution in [0.15, 0.2) is 0 Å². The molecule has 4 saturated carbocycles. The molecule has 6 aliphatic rings. The highest BCUT2D eigenvalue weighted by Gasteiger charge is 2.57. The number of likely N-dealkylation sites (tertiary alicyclic amines) is 1. The molecule has 6 fully saturated rings. The molecule has 5 nitrogen and oxygen atoms in total. The Morgan fingerprint density at radius 2 is 1.42 bits per heavy atom. The van der Waals surface area contributed by atoms with Gasteiger partial charge < -0.3 is 14.7 Å². The average molecular weight is 360 g/mol. The van der Waals surface area contributed by atoms with Crippen LogP contribution in [0.3, 0.4) is 0 Å². The summed E-state index contributed by atoms with van der Waals surface area (Å²) in [6, 6.07) is -0.182. The Balaban J connectivity index is 1.32. The van der Waals surface area contributed by atoms with Gasteiger partial charge >= 0.3 is 0 Å². The number of likely N-dealkylation sites (N-methyl/N-ethyl adjacent to an activating group) is 1. The molecule has 4 aliphatic carbocycles. The van der Waals surface area contributed by atoms with Crippen molar-refractivity contribution in [2.24, 2.45) is 23.2 Å². The van der Waals surface area contributed by atoms with Crippen molar-refractivity contribution < 1.29 is 9.59 Å². The predicted molar refractivity (Wildman–Crippen MR) is 99.4 cm³/mol. The number of amides is 2. The third-order valence-corrected chi connectivity index (χ3v) is 8.11. The van der Waals surface area contributed by atoms with Crippen molar-refractivity contribution in [1.29, 1.82) is 0 Å². The molecule has 5 heteroatoms. The minimum Gasteiger partial charge on any atom is -0.338 e. The van der Waals surface area contributed by atoms with Crippen LogP contribution in [0.5, 0.6) is 0 Å². The van der Waals surface area contributed by atoms with Crippen molar-refractivity contribution >= 4 is 11.8 Å². The Morgan fingerprint density at radius 3 is 2.00 bits per heavy atom. The van der Waals surface area contributed by atoms with Gasteiger partial charge in [-0.2, -0.15) is 0 Å². The van der Waals surface area contributed by atoms with E-state index in [4.69, 9.17) is 0 Å². The van der Waals surface area contributed by atoms with Gasteiger partial charge in [-0.3, -0.25) is 9.59 Å². The quantitative estimate of drug-likeness (QED) is 0.757. The summed E-state index contributed by atoms with van der Waals surface area (Å²) in [7, 11) is 2.11. The molecular formula is C21H33N3O2. The first-order valence-electron chi connectivity index (χ1n) is 10.8. The van der Waals surface area contributed by atoms with Gasteiger partial charge in [0.15, 0.2) is 0 Å². The zero-order chi connectivity index (χ0) is 17.9. The molecule has 1 unspecified atom stereocenters. The summed E-state index contributed by atoms with van der Waals surface area (Å²) in [5, 5.41) is 0. The van der Waals surface area contributed by atoms with Crippen molar-refractivity contribution in [3.05, 3.63) is 0 Å². The van der Waals surface area contributed by atoms with Gasteiger partial charge in [0.25, 0.3) is 0 Å². The van der Waals surface area contributed by atoms with Crippen LogP contribution < -0.4 is 0 Å². The zero-order valence-corrected chi connectivity index (χ0v) is 16.2. The summed E-state index contributed by atoms with van der Waals surface area (Å²) >= 11 is 0. The summed E-state index contributed by atoms with van der Waals surface area (Å²) < 4.78 is 0. The summed E-state index contributed by atoms with van der Waals surface area (Å²) in [5.74, 6) is 2.90. The Morgan fingerprint density at radius 1 is 0.846 bits per heavy atom. The van der Waals surface area contributed by atoms with Crippen LogP contribution in [0, 0.1) is 23.2 Å². The second-order valence-corrected chi connectivity index (χ2v) is 9.98. The summed E-state index contributed by atoms with van der Waals surface area (Å²) in [6.07, 6.45) is 9.23. The number of carbonyl (C=O) groups excluding carboxylic acids is 2. The zero-order valence-electron chi connectivity index (χ0n) is 16.2. The van der Waals surface area contributed by atoms with E-state index in [1.54, 1.807) is 0 Å². The highest BCUT2D eigenvalue weighted by atomic mass is 16.2. The van der Waals surface area contributed by atoms with Gasteiger partial charge in [-0.25, -0.2) is 0 Å². The van der Waals surface area contributed by atoms with E-state index in [0.29, 0.717) is 5.91 Å². The number of piperazine rings is 1. The van der Waals surface area contributed by atoms with Crippen molar-refractivity contribution in [1.82, 2.24) is 14.7 Å². The van der Waals surface area contributed by atoms with E-state index in [9.17, 15) is 9.59 Å². The van der Waals surface area contributed by atoms with E-state index in [1.165, 1.54) is 19.3 Å². The lowest BCUT2D eigenvalue weighted by Crippen LogP contribution is -2.58. The van der Waals surface area contributed by atoms with Gasteiger partial charge in [0.1, 0.15) is 6.04 Å². The van der Waals surface area contributed by atoms with Crippen LogP contribution in [0.2, 0.25) is 0 Å². The van der Waals surface area contributed by atoms with E-state index in [-0.39, 0.29) is 17.4 Å². The van der Waals surface area contributed by atoms with E-state index < -0.39 is 0 Å². The van der Waals surface area contributed by atoms with Crippen molar-refractivity contribution in [3.8, 4) is 0 Å². The van der Waals surface area contributed by atoms with Gasteiger partial charge in [-0.1, -0.05) is 0 Å². The lowest BCUT2D eigenvalue weighted by Gasteiger charge is -2.56. The number of hydrogen-bond acceptors (Lipinski definition) is 3. The third kappa shape index (κ3) is 2.69. The number of carbonyl (C=O) groups is 2. The maximum absolute atomic E-state index is 13.7. The molecule has 0 radical (unpaired) electrons. The maximum Gasteiger partial charge on any atom is 0.245 e. The Kier molecular flexibility index (Phi) is 4.07. The fourth-order valence-corrected chi connectivity index (χ4v) is 7.18. The van der Waals surface area contributed by atoms with E-state index in [2.05, 4.69) is 11.9 Å². The number of nitrogens with zero attached hydrogens (tertiary/aromatic N) is 3. The van der Waals surface area contributed by atoms with Crippen LogP contribution >= 0.6 is 0 Å². The molecule has 0 aromatic heterocycles. The summed E-state index contributed by atoms with van der Waals surface area (Å²) in [4.78, 5) is 33.2. The topological polar surface area (TPSA) is 43.9 Å². The van der Waals surface area contributed by atoms with Crippen LogP contribution in [-0.4, -0.2) is 72.3 Å². The second kappa shape index (κ2) is 6.22. The number of rotatable bonds is 2. The van der Waals surface area contributed by atoms with E-state index in [1.807, 2.05) is 9.80 Å². The lowest BCUT2D eigenvalue weighted by atomic mass is 9.49. The van der Waals surface area contributed by atoms with Gasteiger partial charge in [0, 0.05) is 32.7 Å². The van der Waals surface area contributed by atoms with Crippen molar-refractivity contribution in [2.45, 2.75) is 57.4 Å². The molecule has 2 amide bonds. The fourth-order valence-electron chi connectivity index (χ4n) is 7.18. The second-order valence-electron chi connectivity index (χ2n) is 9.98. The minimum atomic E-state index is -0.182.